The van der Waals surface area contributed by atoms with Crippen LogP contribution in [0.5, 0.6) is 0 Å². The smallest absolute Gasteiger partial charge is 0.259 e. The topological polar surface area (TPSA) is 83.6 Å². The van der Waals surface area contributed by atoms with Crippen LogP contribution in [0.1, 0.15) is 10.4 Å². The zero-order chi connectivity index (χ0) is 13.2. The molecule has 0 spiro atoms. The zero-order valence-corrected chi connectivity index (χ0v) is 9.59. The van der Waals surface area contributed by atoms with Gasteiger partial charge in [0, 0.05) is 11.6 Å². The Kier molecular flexibility index (Phi) is 2.64. The molecule has 19 heavy (non-hydrogen) atoms. The molecule has 6 nitrogen and oxygen atoms in total. The van der Waals surface area contributed by atoms with E-state index in [0.717, 1.165) is 0 Å². The van der Waals surface area contributed by atoms with Gasteiger partial charge in [0.15, 0.2) is 0 Å². The van der Waals surface area contributed by atoms with Crippen LogP contribution in [-0.4, -0.2) is 26.1 Å². The molecule has 2 N–H and O–H groups in total. The van der Waals surface area contributed by atoms with E-state index in [0.29, 0.717) is 10.9 Å². The van der Waals surface area contributed by atoms with Crippen molar-refractivity contribution < 1.29 is 9.18 Å². The first-order chi connectivity index (χ1) is 9.24. The van der Waals surface area contributed by atoms with E-state index >= 15 is 0 Å². The van der Waals surface area contributed by atoms with Crippen molar-refractivity contribution in [3.8, 4) is 0 Å². The SMILES string of the molecule is O=C(Nc1ncn[nH]1)c1cnc2c(F)cccc2c1. The van der Waals surface area contributed by atoms with Crippen LogP contribution >= 0.6 is 0 Å². The third-order valence-electron chi connectivity index (χ3n) is 2.57. The Morgan fingerprint density at radius 3 is 3.00 bits per heavy atom. The predicted octanol–water partition coefficient (Wildman–Crippen LogP) is 1.74. The molecule has 2 aromatic heterocycles. The highest BCUT2D eigenvalue weighted by molar-refractivity contribution is 6.04. The van der Waals surface area contributed by atoms with Crippen LogP contribution in [-0.2, 0) is 0 Å². The molecular weight excluding hydrogens is 249 g/mol. The molecule has 3 aromatic rings. The molecule has 0 bridgehead atoms. The third-order valence-corrected chi connectivity index (χ3v) is 2.57. The van der Waals surface area contributed by atoms with E-state index in [1.165, 1.54) is 18.6 Å². The second-order valence-corrected chi connectivity index (χ2v) is 3.82. The Morgan fingerprint density at radius 2 is 2.21 bits per heavy atom. The number of fused-ring (bicyclic) bond motifs is 1. The normalized spacial score (nSPS) is 10.6. The molecule has 0 atom stereocenters. The zero-order valence-electron chi connectivity index (χ0n) is 9.59. The van der Waals surface area contributed by atoms with E-state index < -0.39 is 11.7 Å². The van der Waals surface area contributed by atoms with Gasteiger partial charge in [0.1, 0.15) is 17.7 Å². The van der Waals surface area contributed by atoms with E-state index in [1.807, 2.05) is 0 Å². The Balaban J connectivity index is 1.95. The number of benzene rings is 1. The van der Waals surface area contributed by atoms with Crippen LogP contribution in [0.2, 0.25) is 0 Å². The first-order valence-electron chi connectivity index (χ1n) is 5.45. The number of aromatic nitrogens is 4. The number of hydrogen-bond acceptors (Lipinski definition) is 4. The lowest BCUT2D eigenvalue weighted by atomic mass is 10.1. The van der Waals surface area contributed by atoms with Crippen molar-refractivity contribution in [2.75, 3.05) is 5.32 Å². The number of hydrogen-bond donors (Lipinski definition) is 2. The summed E-state index contributed by atoms with van der Waals surface area (Å²) < 4.78 is 13.4. The molecule has 2 heterocycles. The van der Waals surface area contributed by atoms with E-state index in [2.05, 4.69) is 25.5 Å². The standard InChI is InChI=1S/C12H8FN5O/c13-9-3-1-2-7-4-8(5-14-10(7)9)11(19)17-12-15-6-16-18-12/h1-6H,(H2,15,16,17,18,19). The number of nitrogens with one attached hydrogen (secondary N) is 2. The van der Waals surface area contributed by atoms with Crippen molar-refractivity contribution in [1.82, 2.24) is 20.2 Å². The number of anilines is 1. The van der Waals surface area contributed by atoms with Crippen LogP contribution in [0.3, 0.4) is 0 Å². The molecule has 1 amide bonds. The number of carbonyl (C=O) groups excluding carboxylic acids is 1. The lowest BCUT2D eigenvalue weighted by Crippen LogP contribution is -2.13. The maximum absolute atomic E-state index is 13.4. The predicted molar refractivity (Wildman–Crippen MR) is 66.0 cm³/mol. The second kappa shape index (κ2) is 4.45. The van der Waals surface area contributed by atoms with E-state index in [9.17, 15) is 9.18 Å². The van der Waals surface area contributed by atoms with Crippen molar-refractivity contribution >= 4 is 22.8 Å². The van der Waals surface area contributed by atoms with Gasteiger partial charge in [-0.3, -0.25) is 15.1 Å². The van der Waals surface area contributed by atoms with Gasteiger partial charge in [0.05, 0.1) is 5.56 Å². The minimum atomic E-state index is -0.417. The number of carbonyl (C=O) groups is 1. The Labute approximate surface area is 106 Å². The molecule has 0 aliphatic carbocycles. The Hall–Kier alpha value is -2.83. The van der Waals surface area contributed by atoms with E-state index in [4.69, 9.17) is 0 Å². The van der Waals surface area contributed by atoms with Crippen LogP contribution in [0.4, 0.5) is 10.3 Å². The van der Waals surface area contributed by atoms with Gasteiger partial charge in [-0.25, -0.2) is 9.49 Å². The number of amides is 1. The van der Waals surface area contributed by atoms with Crippen molar-refractivity contribution in [3.63, 3.8) is 0 Å². The number of pyridine rings is 1. The summed E-state index contributed by atoms with van der Waals surface area (Å²) in [5.74, 6) is -0.570. The molecule has 7 heteroatoms. The maximum Gasteiger partial charge on any atom is 0.259 e. The molecule has 3 rings (SSSR count). The van der Waals surface area contributed by atoms with Crippen molar-refractivity contribution in [2.45, 2.75) is 0 Å². The van der Waals surface area contributed by atoms with Crippen LogP contribution in [0, 0.1) is 5.82 Å². The first kappa shape index (κ1) is 11.3. The van der Waals surface area contributed by atoms with Gasteiger partial charge in [-0.15, -0.1) is 0 Å². The summed E-state index contributed by atoms with van der Waals surface area (Å²) in [4.78, 5) is 19.6. The molecule has 94 valence electrons. The van der Waals surface area contributed by atoms with Gasteiger partial charge < -0.3 is 0 Å². The van der Waals surface area contributed by atoms with Gasteiger partial charge >= 0.3 is 0 Å². The fourth-order valence-corrected chi connectivity index (χ4v) is 1.69. The number of H-pyrrole nitrogens is 1. The quantitative estimate of drug-likeness (QED) is 0.732. The molecule has 0 unspecified atom stereocenters. The number of para-hydroxylation sites is 1. The second-order valence-electron chi connectivity index (χ2n) is 3.82. The average molecular weight is 257 g/mol. The van der Waals surface area contributed by atoms with Gasteiger partial charge in [-0.1, -0.05) is 12.1 Å². The molecule has 0 aliphatic heterocycles. The summed E-state index contributed by atoms with van der Waals surface area (Å²) in [5.41, 5.74) is 0.549. The van der Waals surface area contributed by atoms with E-state index in [-0.39, 0.29) is 11.5 Å². The van der Waals surface area contributed by atoms with Gasteiger partial charge in [-0.2, -0.15) is 10.1 Å². The van der Waals surface area contributed by atoms with Crippen molar-refractivity contribution in [2.24, 2.45) is 0 Å². The summed E-state index contributed by atoms with van der Waals surface area (Å²) >= 11 is 0. The number of nitrogens with zero attached hydrogens (tertiary/aromatic N) is 3. The number of halogens is 1. The summed E-state index contributed by atoms with van der Waals surface area (Å²) in [6, 6.07) is 6.15. The summed E-state index contributed by atoms with van der Waals surface area (Å²) in [7, 11) is 0. The molecule has 0 saturated heterocycles. The molecule has 0 aliphatic rings. The molecule has 0 fully saturated rings. The minimum absolute atomic E-state index is 0.235. The first-order valence-corrected chi connectivity index (χ1v) is 5.45. The van der Waals surface area contributed by atoms with Gasteiger partial charge in [0.2, 0.25) is 5.95 Å². The third kappa shape index (κ3) is 2.13. The summed E-state index contributed by atoms with van der Waals surface area (Å²) in [6.45, 7) is 0. The summed E-state index contributed by atoms with van der Waals surface area (Å²) in [6.07, 6.45) is 2.60. The van der Waals surface area contributed by atoms with Crippen molar-refractivity contribution in [1.29, 1.82) is 0 Å². The molecule has 1 aromatic carbocycles. The average Bonchev–Trinajstić information content (AvgIpc) is 2.91. The van der Waals surface area contributed by atoms with E-state index in [1.54, 1.807) is 18.2 Å². The minimum Gasteiger partial charge on any atom is -0.291 e. The monoisotopic (exact) mass is 257 g/mol. The highest BCUT2D eigenvalue weighted by Crippen LogP contribution is 2.16. The Morgan fingerprint density at radius 1 is 1.32 bits per heavy atom. The molecule has 0 radical (unpaired) electrons. The van der Waals surface area contributed by atoms with Crippen molar-refractivity contribution in [3.05, 3.63) is 48.2 Å². The number of aromatic amines is 1. The van der Waals surface area contributed by atoms with Gasteiger partial charge in [-0.05, 0) is 12.1 Å². The number of rotatable bonds is 2. The highest BCUT2D eigenvalue weighted by atomic mass is 19.1. The largest absolute Gasteiger partial charge is 0.291 e. The Bertz CT molecular complexity index is 741. The highest BCUT2D eigenvalue weighted by Gasteiger charge is 2.10. The maximum atomic E-state index is 13.4. The van der Waals surface area contributed by atoms with Gasteiger partial charge in [0.25, 0.3) is 5.91 Å². The van der Waals surface area contributed by atoms with Crippen LogP contribution < -0.4 is 5.32 Å². The summed E-state index contributed by atoms with van der Waals surface area (Å²) in [5, 5.41) is 9.20. The fraction of sp³-hybridized carbons (Fsp3) is 0. The lowest BCUT2D eigenvalue weighted by molar-refractivity contribution is 0.102. The lowest BCUT2D eigenvalue weighted by Gasteiger charge is -2.03. The van der Waals surface area contributed by atoms with Crippen LogP contribution in [0.25, 0.3) is 10.9 Å². The molecule has 0 saturated carbocycles. The molecular formula is C12H8FN5O. The van der Waals surface area contributed by atoms with Crippen LogP contribution in [0.15, 0.2) is 36.8 Å². The fourth-order valence-electron chi connectivity index (χ4n) is 1.69.